The van der Waals surface area contributed by atoms with Crippen LogP contribution in [0.5, 0.6) is 5.75 Å². The molecule has 33 heavy (non-hydrogen) atoms. The first-order valence-corrected chi connectivity index (χ1v) is 11.6. The first-order chi connectivity index (χ1) is 15.9. The topological polar surface area (TPSA) is 48.8 Å². The van der Waals surface area contributed by atoms with Gasteiger partial charge in [0.1, 0.15) is 18.2 Å². The lowest BCUT2D eigenvalue weighted by Gasteiger charge is -2.43. The number of aliphatic hydroxyl groups excluding tert-OH is 1. The second-order valence-electron chi connectivity index (χ2n) is 8.24. The van der Waals surface area contributed by atoms with E-state index in [1.54, 1.807) is 19.1 Å². The lowest BCUT2D eigenvalue weighted by atomic mass is 10.0. The van der Waals surface area contributed by atoms with Crippen LogP contribution < -0.4 is 9.64 Å². The smallest absolute Gasteiger partial charge is 0.141 e. The first kappa shape index (κ1) is 23.8. The van der Waals surface area contributed by atoms with Gasteiger partial charge in [-0.25, -0.2) is 4.39 Å². The Kier molecular flexibility index (Phi) is 7.71. The van der Waals surface area contributed by atoms with Crippen molar-refractivity contribution in [3.05, 3.63) is 87.9 Å². The maximum Gasteiger partial charge on any atom is 0.141 e. The minimum Gasteiger partial charge on any atom is -0.491 e. The molecule has 0 bridgehead atoms. The Labute approximate surface area is 203 Å². The number of aliphatic hydroxyl groups is 1. The number of hydrogen-bond acceptors (Lipinski definition) is 5. The molecule has 1 aliphatic heterocycles. The molecule has 0 unspecified atom stereocenters. The van der Waals surface area contributed by atoms with Crippen LogP contribution >= 0.6 is 23.2 Å². The van der Waals surface area contributed by atoms with E-state index in [1.807, 2.05) is 36.4 Å². The number of hydrogen-bond donors (Lipinski definition) is 1. The van der Waals surface area contributed by atoms with E-state index < -0.39 is 6.10 Å². The third-order valence-electron chi connectivity index (χ3n) is 5.61. The Balaban J connectivity index is 1.57. The average molecular weight is 490 g/mol. The molecule has 8 heteroatoms. The largest absolute Gasteiger partial charge is 0.491 e. The molecule has 0 saturated carbocycles. The van der Waals surface area contributed by atoms with Gasteiger partial charge in [-0.05, 0) is 48.9 Å². The molecule has 3 aromatic rings. The summed E-state index contributed by atoms with van der Waals surface area (Å²) in [6, 6.07) is 16.7. The SMILES string of the molecule is C[C@@H](O)COc1ccc(N2CCN(Cc3ccc(F)cn3)C[C@H]2c2ccc(Cl)cc2)c(Cl)c1. The average Bonchev–Trinajstić information content (AvgIpc) is 2.80. The number of anilines is 1. The van der Waals surface area contributed by atoms with Crippen LogP contribution in [0.25, 0.3) is 0 Å². The molecule has 0 amide bonds. The summed E-state index contributed by atoms with van der Waals surface area (Å²) in [4.78, 5) is 8.81. The van der Waals surface area contributed by atoms with Gasteiger partial charge in [0, 0.05) is 37.3 Å². The number of piperazine rings is 1. The molecule has 1 aliphatic rings. The van der Waals surface area contributed by atoms with Crippen molar-refractivity contribution in [1.82, 2.24) is 9.88 Å². The number of ether oxygens (including phenoxy) is 1. The molecule has 4 rings (SSSR count). The lowest BCUT2D eigenvalue weighted by molar-refractivity contribution is 0.123. The molecule has 174 valence electrons. The number of nitrogens with zero attached hydrogens (tertiary/aromatic N) is 3. The van der Waals surface area contributed by atoms with E-state index in [-0.39, 0.29) is 18.5 Å². The van der Waals surface area contributed by atoms with Crippen LogP contribution in [0.4, 0.5) is 10.1 Å². The van der Waals surface area contributed by atoms with Crippen molar-refractivity contribution in [2.45, 2.75) is 25.6 Å². The molecule has 0 aliphatic carbocycles. The van der Waals surface area contributed by atoms with E-state index in [9.17, 15) is 9.50 Å². The van der Waals surface area contributed by atoms with Gasteiger partial charge < -0.3 is 14.7 Å². The van der Waals surface area contributed by atoms with Crippen molar-refractivity contribution >= 4 is 28.9 Å². The highest BCUT2D eigenvalue weighted by Crippen LogP contribution is 2.37. The summed E-state index contributed by atoms with van der Waals surface area (Å²) in [7, 11) is 0. The van der Waals surface area contributed by atoms with Crippen LogP contribution in [-0.4, -0.2) is 47.3 Å². The highest BCUT2D eigenvalue weighted by atomic mass is 35.5. The second-order valence-corrected chi connectivity index (χ2v) is 9.08. The fourth-order valence-electron chi connectivity index (χ4n) is 4.00. The van der Waals surface area contributed by atoms with E-state index in [0.29, 0.717) is 22.3 Å². The summed E-state index contributed by atoms with van der Waals surface area (Å²) in [6.07, 6.45) is 0.699. The summed E-state index contributed by atoms with van der Waals surface area (Å²) >= 11 is 12.8. The molecule has 1 saturated heterocycles. The Morgan fingerprint density at radius 1 is 1.12 bits per heavy atom. The van der Waals surface area contributed by atoms with Crippen molar-refractivity contribution in [2.75, 3.05) is 31.1 Å². The first-order valence-electron chi connectivity index (χ1n) is 10.8. The Hall–Kier alpha value is -2.38. The Morgan fingerprint density at radius 2 is 1.91 bits per heavy atom. The third kappa shape index (κ3) is 6.15. The van der Waals surface area contributed by atoms with Crippen molar-refractivity contribution in [1.29, 1.82) is 0 Å². The minimum atomic E-state index is -0.554. The third-order valence-corrected chi connectivity index (χ3v) is 6.17. The van der Waals surface area contributed by atoms with Crippen LogP contribution in [0.1, 0.15) is 24.2 Å². The predicted octanol–water partition coefficient (Wildman–Crippen LogP) is 5.35. The van der Waals surface area contributed by atoms with Crippen LogP contribution in [0.3, 0.4) is 0 Å². The molecule has 2 aromatic carbocycles. The van der Waals surface area contributed by atoms with Gasteiger partial charge in [-0.15, -0.1) is 0 Å². The predicted molar refractivity (Wildman–Crippen MR) is 130 cm³/mol. The highest BCUT2D eigenvalue weighted by molar-refractivity contribution is 6.33. The van der Waals surface area contributed by atoms with E-state index in [1.165, 1.54) is 12.3 Å². The zero-order valence-corrected chi connectivity index (χ0v) is 19.8. The fourth-order valence-corrected chi connectivity index (χ4v) is 4.40. The zero-order chi connectivity index (χ0) is 23.4. The van der Waals surface area contributed by atoms with Crippen LogP contribution in [0.15, 0.2) is 60.8 Å². The molecule has 2 heterocycles. The number of aromatic nitrogens is 1. The monoisotopic (exact) mass is 489 g/mol. The molecule has 5 nitrogen and oxygen atoms in total. The number of pyridine rings is 1. The maximum atomic E-state index is 13.2. The summed E-state index contributed by atoms with van der Waals surface area (Å²) < 4.78 is 18.8. The molecule has 1 N–H and O–H groups in total. The van der Waals surface area contributed by atoms with Crippen molar-refractivity contribution < 1.29 is 14.2 Å². The second kappa shape index (κ2) is 10.7. The van der Waals surface area contributed by atoms with Crippen molar-refractivity contribution in [2.24, 2.45) is 0 Å². The molecular weight excluding hydrogens is 464 g/mol. The van der Waals surface area contributed by atoms with Gasteiger partial charge in [0.05, 0.1) is 34.7 Å². The summed E-state index contributed by atoms with van der Waals surface area (Å²) in [6.45, 7) is 4.82. The minimum absolute atomic E-state index is 0.0400. The van der Waals surface area contributed by atoms with E-state index in [0.717, 1.165) is 36.6 Å². The van der Waals surface area contributed by atoms with Gasteiger partial charge in [0.25, 0.3) is 0 Å². The summed E-state index contributed by atoms with van der Waals surface area (Å²) in [5.41, 5.74) is 2.87. The van der Waals surface area contributed by atoms with E-state index in [4.69, 9.17) is 27.9 Å². The lowest BCUT2D eigenvalue weighted by Crippen LogP contribution is -2.48. The van der Waals surface area contributed by atoms with E-state index in [2.05, 4.69) is 14.8 Å². The van der Waals surface area contributed by atoms with Gasteiger partial charge >= 0.3 is 0 Å². The zero-order valence-electron chi connectivity index (χ0n) is 18.3. The quantitative estimate of drug-likeness (QED) is 0.484. The summed E-state index contributed by atoms with van der Waals surface area (Å²) in [5.74, 6) is 0.284. The van der Waals surface area contributed by atoms with Crippen LogP contribution in [-0.2, 0) is 6.54 Å². The van der Waals surface area contributed by atoms with Gasteiger partial charge in [-0.3, -0.25) is 9.88 Å². The van der Waals surface area contributed by atoms with Gasteiger partial charge in [-0.2, -0.15) is 0 Å². The van der Waals surface area contributed by atoms with Gasteiger partial charge in [0.15, 0.2) is 0 Å². The molecule has 2 atom stereocenters. The van der Waals surface area contributed by atoms with Crippen LogP contribution in [0, 0.1) is 5.82 Å². The molecular formula is C25H26Cl2FN3O2. The fraction of sp³-hybridized carbons (Fsp3) is 0.320. The van der Waals surface area contributed by atoms with Crippen molar-refractivity contribution in [3.8, 4) is 5.75 Å². The Bertz CT molecular complexity index is 1060. The maximum absolute atomic E-state index is 13.2. The number of benzene rings is 2. The Morgan fingerprint density at radius 3 is 2.58 bits per heavy atom. The number of rotatable bonds is 7. The molecule has 0 spiro atoms. The summed E-state index contributed by atoms with van der Waals surface area (Å²) in [5, 5.41) is 10.7. The normalized spacial score (nSPS) is 17.7. The number of halogens is 3. The van der Waals surface area contributed by atoms with E-state index >= 15 is 0 Å². The highest BCUT2D eigenvalue weighted by Gasteiger charge is 2.30. The molecule has 1 aromatic heterocycles. The standard InChI is InChI=1S/C25H26Cl2FN3O2/c1-17(32)16-33-22-8-9-24(23(27)12-22)31-11-10-30(14-21-7-6-20(28)13-29-21)15-25(31)18-2-4-19(26)5-3-18/h2-9,12-13,17,25,32H,10-11,14-16H2,1H3/t17-,25+/m1/s1. The molecule has 0 radical (unpaired) electrons. The van der Waals surface area contributed by atoms with Gasteiger partial charge in [0.2, 0.25) is 0 Å². The van der Waals surface area contributed by atoms with Gasteiger partial charge in [-0.1, -0.05) is 35.3 Å². The molecule has 1 fully saturated rings. The van der Waals surface area contributed by atoms with Crippen molar-refractivity contribution in [3.63, 3.8) is 0 Å². The van der Waals surface area contributed by atoms with Crippen LogP contribution in [0.2, 0.25) is 10.0 Å².